The standard InChI is InChI=1S/C15H21N7S/c1-2-13-20-12(11-23-13)10-19-14(16)21-6-8-22(9-7-21)15-17-4-3-5-18-15/h3-5,11H,2,6-10H2,1H3,(H2,16,19). The molecule has 122 valence electrons. The third-order valence-corrected chi connectivity index (χ3v) is 4.79. The van der Waals surface area contributed by atoms with E-state index in [4.69, 9.17) is 5.73 Å². The average Bonchev–Trinajstić information content (AvgIpc) is 3.09. The van der Waals surface area contributed by atoms with Crippen LogP contribution in [0.15, 0.2) is 28.8 Å². The van der Waals surface area contributed by atoms with Gasteiger partial charge in [-0.3, -0.25) is 0 Å². The minimum Gasteiger partial charge on any atom is -0.370 e. The molecule has 0 amide bonds. The Balaban J connectivity index is 1.53. The summed E-state index contributed by atoms with van der Waals surface area (Å²) in [5.74, 6) is 1.36. The summed E-state index contributed by atoms with van der Waals surface area (Å²) in [5.41, 5.74) is 7.11. The number of guanidine groups is 1. The van der Waals surface area contributed by atoms with E-state index in [1.807, 2.05) is 6.07 Å². The second-order valence-corrected chi connectivity index (χ2v) is 6.23. The zero-order valence-corrected chi connectivity index (χ0v) is 14.0. The first-order valence-electron chi connectivity index (χ1n) is 7.76. The Kier molecular flexibility index (Phi) is 5.02. The molecule has 0 bridgehead atoms. The first-order chi connectivity index (χ1) is 11.3. The van der Waals surface area contributed by atoms with E-state index in [1.165, 1.54) is 0 Å². The summed E-state index contributed by atoms with van der Waals surface area (Å²) in [4.78, 5) is 21.8. The zero-order chi connectivity index (χ0) is 16.1. The summed E-state index contributed by atoms with van der Waals surface area (Å²) >= 11 is 1.68. The lowest BCUT2D eigenvalue weighted by molar-refractivity contribution is 0.378. The topological polar surface area (TPSA) is 83.5 Å². The third kappa shape index (κ3) is 3.95. The molecule has 8 heteroatoms. The monoisotopic (exact) mass is 331 g/mol. The Bertz CT molecular complexity index is 647. The molecular formula is C15H21N7S. The number of anilines is 1. The van der Waals surface area contributed by atoms with Crippen molar-refractivity contribution < 1.29 is 0 Å². The van der Waals surface area contributed by atoms with E-state index < -0.39 is 0 Å². The van der Waals surface area contributed by atoms with Crippen molar-refractivity contribution in [2.24, 2.45) is 10.7 Å². The maximum absolute atomic E-state index is 6.12. The summed E-state index contributed by atoms with van der Waals surface area (Å²) in [6, 6.07) is 1.83. The number of hydrogen-bond acceptors (Lipinski definition) is 6. The molecule has 3 rings (SSSR count). The third-order valence-electron chi connectivity index (χ3n) is 3.74. The molecule has 23 heavy (non-hydrogen) atoms. The van der Waals surface area contributed by atoms with E-state index in [0.717, 1.165) is 49.2 Å². The van der Waals surface area contributed by atoms with Gasteiger partial charge in [0.05, 0.1) is 17.2 Å². The van der Waals surface area contributed by atoms with Gasteiger partial charge in [0.25, 0.3) is 0 Å². The minimum absolute atomic E-state index is 0.546. The summed E-state index contributed by atoms with van der Waals surface area (Å²) in [5, 5.41) is 3.20. The summed E-state index contributed by atoms with van der Waals surface area (Å²) in [6.07, 6.45) is 4.50. The molecule has 0 radical (unpaired) electrons. The second kappa shape index (κ2) is 7.36. The highest BCUT2D eigenvalue weighted by Gasteiger charge is 2.19. The van der Waals surface area contributed by atoms with E-state index >= 15 is 0 Å². The van der Waals surface area contributed by atoms with Crippen molar-refractivity contribution in [1.82, 2.24) is 19.9 Å². The lowest BCUT2D eigenvalue weighted by Gasteiger charge is -2.35. The molecular weight excluding hydrogens is 310 g/mol. The van der Waals surface area contributed by atoms with E-state index in [2.05, 4.69) is 42.0 Å². The summed E-state index contributed by atoms with van der Waals surface area (Å²) in [7, 11) is 0. The van der Waals surface area contributed by atoms with Crippen molar-refractivity contribution in [1.29, 1.82) is 0 Å². The maximum Gasteiger partial charge on any atom is 0.225 e. The lowest BCUT2D eigenvalue weighted by atomic mass is 10.3. The quantitative estimate of drug-likeness (QED) is 0.668. The van der Waals surface area contributed by atoms with E-state index in [1.54, 1.807) is 23.7 Å². The minimum atomic E-state index is 0.546. The van der Waals surface area contributed by atoms with Crippen molar-refractivity contribution in [2.75, 3.05) is 31.1 Å². The molecule has 0 atom stereocenters. The Morgan fingerprint density at radius 3 is 2.65 bits per heavy atom. The molecule has 2 aromatic rings. The van der Waals surface area contributed by atoms with Crippen LogP contribution in [0.25, 0.3) is 0 Å². The molecule has 3 heterocycles. The van der Waals surface area contributed by atoms with Crippen LogP contribution in [-0.4, -0.2) is 52.0 Å². The van der Waals surface area contributed by atoms with Crippen LogP contribution < -0.4 is 10.6 Å². The Morgan fingerprint density at radius 1 is 1.26 bits per heavy atom. The number of thiazole rings is 1. The van der Waals surface area contributed by atoms with Crippen molar-refractivity contribution in [2.45, 2.75) is 19.9 Å². The Labute approximate surface area is 139 Å². The summed E-state index contributed by atoms with van der Waals surface area (Å²) in [6.45, 7) is 5.99. The SMILES string of the molecule is CCc1nc(CN=C(N)N2CCN(c3ncccn3)CC2)cs1. The van der Waals surface area contributed by atoms with Crippen LogP contribution in [0.3, 0.4) is 0 Å². The van der Waals surface area contributed by atoms with Crippen LogP contribution in [0.1, 0.15) is 17.6 Å². The van der Waals surface area contributed by atoms with Gasteiger partial charge in [-0.15, -0.1) is 11.3 Å². The van der Waals surface area contributed by atoms with E-state index in [0.29, 0.717) is 12.5 Å². The largest absolute Gasteiger partial charge is 0.370 e. The molecule has 0 aliphatic carbocycles. The van der Waals surface area contributed by atoms with Gasteiger partial charge in [0.15, 0.2) is 5.96 Å². The van der Waals surface area contributed by atoms with Gasteiger partial charge in [0.1, 0.15) is 0 Å². The predicted octanol–water partition coefficient (Wildman–Crippen LogP) is 1.13. The van der Waals surface area contributed by atoms with Gasteiger partial charge in [0, 0.05) is 44.0 Å². The van der Waals surface area contributed by atoms with Crippen LogP contribution in [0.4, 0.5) is 5.95 Å². The highest BCUT2D eigenvalue weighted by Crippen LogP contribution is 2.12. The molecule has 7 nitrogen and oxygen atoms in total. The van der Waals surface area contributed by atoms with Crippen LogP contribution in [-0.2, 0) is 13.0 Å². The second-order valence-electron chi connectivity index (χ2n) is 5.28. The number of aliphatic imine (C=N–C) groups is 1. The fraction of sp³-hybridized carbons (Fsp3) is 0.467. The lowest BCUT2D eigenvalue weighted by Crippen LogP contribution is -2.51. The summed E-state index contributed by atoms with van der Waals surface area (Å²) < 4.78 is 0. The first-order valence-corrected chi connectivity index (χ1v) is 8.64. The Morgan fingerprint density at radius 2 is 2.00 bits per heavy atom. The normalized spacial score (nSPS) is 16.0. The smallest absolute Gasteiger partial charge is 0.225 e. The van der Waals surface area contributed by atoms with Crippen LogP contribution in [0.2, 0.25) is 0 Å². The van der Waals surface area contributed by atoms with Gasteiger partial charge >= 0.3 is 0 Å². The number of rotatable bonds is 4. The van der Waals surface area contributed by atoms with Crippen molar-refractivity contribution >= 4 is 23.2 Å². The zero-order valence-electron chi connectivity index (χ0n) is 13.2. The molecule has 0 spiro atoms. The number of nitrogens with zero attached hydrogens (tertiary/aromatic N) is 6. The fourth-order valence-electron chi connectivity index (χ4n) is 2.44. The molecule has 1 fully saturated rings. The molecule has 0 saturated carbocycles. The highest BCUT2D eigenvalue weighted by atomic mass is 32.1. The Hall–Kier alpha value is -2.22. The van der Waals surface area contributed by atoms with Crippen LogP contribution in [0.5, 0.6) is 0 Å². The fourth-order valence-corrected chi connectivity index (χ4v) is 3.17. The molecule has 1 aliphatic rings. The number of aromatic nitrogens is 3. The molecule has 2 aromatic heterocycles. The van der Waals surface area contributed by atoms with Gasteiger partial charge in [-0.25, -0.2) is 19.9 Å². The van der Waals surface area contributed by atoms with Gasteiger partial charge in [0.2, 0.25) is 5.95 Å². The molecule has 0 unspecified atom stereocenters. The van der Waals surface area contributed by atoms with Gasteiger partial charge in [-0.2, -0.15) is 0 Å². The van der Waals surface area contributed by atoms with Crippen LogP contribution >= 0.6 is 11.3 Å². The van der Waals surface area contributed by atoms with Gasteiger partial charge in [-0.05, 0) is 12.5 Å². The number of nitrogens with two attached hydrogens (primary N) is 1. The van der Waals surface area contributed by atoms with E-state index in [-0.39, 0.29) is 0 Å². The van der Waals surface area contributed by atoms with Crippen molar-refractivity contribution in [3.63, 3.8) is 0 Å². The van der Waals surface area contributed by atoms with Gasteiger partial charge < -0.3 is 15.5 Å². The van der Waals surface area contributed by atoms with Gasteiger partial charge in [-0.1, -0.05) is 6.92 Å². The van der Waals surface area contributed by atoms with Crippen molar-refractivity contribution in [3.05, 3.63) is 34.5 Å². The maximum atomic E-state index is 6.12. The number of hydrogen-bond donors (Lipinski definition) is 1. The first kappa shape index (κ1) is 15.7. The molecule has 2 N–H and O–H groups in total. The molecule has 0 aromatic carbocycles. The average molecular weight is 331 g/mol. The van der Waals surface area contributed by atoms with E-state index in [9.17, 15) is 0 Å². The van der Waals surface area contributed by atoms with Crippen molar-refractivity contribution in [3.8, 4) is 0 Å². The predicted molar refractivity (Wildman–Crippen MR) is 92.6 cm³/mol. The molecule has 1 aliphatic heterocycles. The highest BCUT2D eigenvalue weighted by molar-refractivity contribution is 7.09. The van der Waals surface area contributed by atoms with Crippen LogP contribution in [0, 0.1) is 0 Å². The number of piperazine rings is 1. The molecule has 1 saturated heterocycles. The number of aryl methyl sites for hydroxylation is 1.